The van der Waals surface area contributed by atoms with Gasteiger partial charge in [-0.25, -0.2) is 9.59 Å². The molecule has 0 radical (unpaired) electrons. The van der Waals surface area contributed by atoms with Crippen molar-refractivity contribution in [1.82, 2.24) is 10.2 Å². The summed E-state index contributed by atoms with van der Waals surface area (Å²) in [5.74, 6) is 1.02. The largest absolute Gasteiger partial charge is 0.493 e. The second kappa shape index (κ2) is 18.6. The van der Waals surface area contributed by atoms with Gasteiger partial charge in [-0.3, -0.25) is 0 Å². The Morgan fingerprint density at radius 2 is 1.69 bits per heavy atom. The summed E-state index contributed by atoms with van der Waals surface area (Å²) in [7, 11) is 0. The molecule has 0 bridgehead atoms. The Balaban J connectivity index is 1.43. The zero-order valence-corrected chi connectivity index (χ0v) is 27.0. The molecular weight excluding hydrogens is 572 g/mol. The summed E-state index contributed by atoms with van der Waals surface area (Å²) in [5, 5.41) is 14.5. The van der Waals surface area contributed by atoms with E-state index in [1.165, 1.54) is 0 Å². The van der Waals surface area contributed by atoms with E-state index in [1.54, 1.807) is 4.90 Å². The van der Waals surface area contributed by atoms with E-state index < -0.39 is 24.3 Å². The molecule has 2 N–H and O–H groups in total. The minimum absolute atomic E-state index is 0.0155. The van der Waals surface area contributed by atoms with Crippen LogP contribution in [0.25, 0.3) is 0 Å². The van der Waals surface area contributed by atoms with Crippen LogP contribution in [-0.4, -0.2) is 72.8 Å². The van der Waals surface area contributed by atoms with Crippen LogP contribution < -0.4 is 10.1 Å². The van der Waals surface area contributed by atoms with Gasteiger partial charge in [0.1, 0.15) is 18.5 Å². The van der Waals surface area contributed by atoms with Crippen LogP contribution >= 0.6 is 0 Å². The highest BCUT2D eigenvalue weighted by molar-refractivity contribution is 5.69. The molecule has 2 aromatic rings. The molecule has 248 valence electrons. The zero-order valence-electron chi connectivity index (χ0n) is 27.0. The number of nitrogens with zero attached hydrogens (tertiary/aromatic N) is 1. The number of carbonyl (C=O) groups excluding carboxylic acids is 2. The number of hydrogen-bond donors (Lipinski definition) is 2. The number of ether oxygens (including phenoxy) is 4. The number of carbonyl (C=O) groups is 2. The Labute approximate surface area is 268 Å². The number of fused-ring (bicyclic) bond motifs is 1. The molecule has 1 aliphatic carbocycles. The number of para-hydroxylation sites is 1. The summed E-state index contributed by atoms with van der Waals surface area (Å²) in [5.41, 5.74) is 1.76. The van der Waals surface area contributed by atoms with E-state index in [-0.39, 0.29) is 25.4 Å². The van der Waals surface area contributed by atoms with Crippen molar-refractivity contribution >= 4 is 12.2 Å². The highest BCUT2D eigenvalue weighted by atomic mass is 16.6. The maximum atomic E-state index is 13.4. The Bertz CT molecular complexity index is 1160. The van der Waals surface area contributed by atoms with Crippen molar-refractivity contribution in [3.63, 3.8) is 0 Å². The summed E-state index contributed by atoms with van der Waals surface area (Å²) < 4.78 is 23.4. The molecule has 45 heavy (non-hydrogen) atoms. The molecule has 9 nitrogen and oxygen atoms in total. The van der Waals surface area contributed by atoms with Gasteiger partial charge in [-0.1, -0.05) is 87.6 Å². The topological polar surface area (TPSA) is 107 Å². The van der Waals surface area contributed by atoms with Gasteiger partial charge in [-0.2, -0.15) is 0 Å². The maximum Gasteiger partial charge on any atom is 0.410 e. The van der Waals surface area contributed by atoms with Crippen LogP contribution in [0.2, 0.25) is 0 Å². The Kier molecular flexibility index (Phi) is 14.3. The lowest BCUT2D eigenvalue weighted by atomic mass is 10.0. The van der Waals surface area contributed by atoms with Crippen molar-refractivity contribution in [2.75, 3.05) is 26.3 Å². The van der Waals surface area contributed by atoms with E-state index in [4.69, 9.17) is 18.9 Å². The zero-order chi connectivity index (χ0) is 31.9. The van der Waals surface area contributed by atoms with E-state index in [0.717, 1.165) is 68.2 Å². The molecule has 4 rings (SSSR count). The number of rotatable bonds is 9. The van der Waals surface area contributed by atoms with Crippen molar-refractivity contribution in [1.29, 1.82) is 0 Å². The molecule has 1 fully saturated rings. The first-order chi connectivity index (χ1) is 21.9. The molecule has 2 amide bonds. The number of hydrogen-bond acceptors (Lipinski definition) is 7. The van der Waals surface area contributed by atoms with Crippen molar-refractivity contribution in [2.24, 2.45) is 5.92 Å². The van der Waals surface area contributed by atoms with Gasteiger partial charge >= 0.3 is 12.2 Å². The number of nitrogens with one attached hydrogen (secondary N) is 1. The van der Waals surface area contributed by atoms with Crippen LogP contribution in [0.1, 0.15) is 82.8 Å². The van der Waals surface area contributed by atoms with Crippen molar-refractivity contribution in [3.05, 3.63) is 65.7 Å². The SMILES string of the molecule is CCO[C@@H]1CC(OC(=O)N[C@@H](Cc2ccccc2)[C@H](O)CN2CCCCCCCCCOc3ccccc3COC2=O)CC1C. The average Bonchev–Trinajstić information content (AvgIpc) is 3.38. The normalized spacial score (nSPS) is 23.2. The molecule has 2 aromatic carbocycles. The molecule has 2 aliphatic rings. The predicted molar refractivity (Wildman–Crippen MR) is 173 cm³/mol. The molecule has 0 spiro atoms. The third-order valence-corrected chi connectivity index (χ3v) is 8.80. The average molecular weight is 625 g/mol. The van der Waals surface area contributed by atoms with Crippen molar-refractivity contribution in [2.45, 2.75) is 109 Å². The molecule has 1 heterocycles. The fraction of sp³-hybridized carbons (Fsp3) is 0.611. The Hall–Kier alpha value is -3.30. The highest BCUT2D eigenvalue weighted by Gasteiger charge is 2.35. The van der Waals surface area contributed by atoms with Gasteiger partial charge in [0.15, 0.2) is 0 Å². The predicted octanol–water partition coefficient (Wildman–Crippen LogP) is 6.65. The third kappa shape index (κ3) is 11.5. The first kappa shape index (κ1) is 34.6. The van der Waals surface area contributed by atoms with E-state index in [0.29, 0.717) is 38.5 Å². The van der Waals surface area contributed by atoms with Crippen LogP contribution in [0.3, 0.4) is 0 Å². The van der Waals surface area contributed by atoms with Crippen LogP contribution in [0.15, 0.2) is 54.6 Å². The lowest BCUT2D eigenvalue weighted by Crippen LogP contribution is -2.51. The van der Waals surface area contributed by atoms with E-state index in [2.05, 4.69) is 12.2 Å². The van der Waals surface area contributed by atoms with Gasteiger partial charge < -0.3 is 34.3 Å². The fourth-order valence-electron chi connectivity index (χ4n) is 6.26. The molecule has 0 saturated heterocycles. The number of aliphatic hydroxyl groups excluding tert-OH is 1. The van der Waals surface area contributed by atoms with Gasteiger partial charge in [-0.15, -0.1) is 0 Å². The molecule has 0 aromatic heterocycles. The molecule has 5 atom stereocenters. The number of amides is 2. The summed E-state index contributed by atoms with van der Waals surface area (Å²) in [6.07, 6.45) is 6.77. The number of alkyl carbamates (subject to hydrolysis) is 1. The summed E-state index contributed by atoms with van der Waals surface area (Å²) in [6, 6.07) is 16.6. The van der Waals surface area contributed by atoms with Gasteiger partial charge in [0.25, 0.3) is 0 Å². The fourth-order valence-corrected chi connectivity index (χ4v) is 6.26. The lowest BCUT2D eigenvalue weighted by molar-refractivity contribution is 0.0304. The second-order valence-corrected chi connectivity index (χ2v) is 12.4. The van der Waals surface area contributed by atoms with E-state index in [1.807, 2.05) is 61.5 Å². The molecular formula is C36H52N2O7. The van der Waals surface area contributed by atoms with Gasteiger partial charge in [0.05, 0.1) is 31.4 Å². The van der Waals surface area contributed by atoms with Crippen LogP contribution in [-0.2, 0) is 27.2 Å². The molecule has 1 aliphatic heterocycles. The second-order valence-electron chi connectivity index (χ2n) is 12.4. The third-order valence-electron chi connectivity index (χ3n) is 8.80. The van der Waals surface area contributed by atoms with Gasteiger partial charge in [-0.05, 0) is 50.2 Å². The summed E-state index contributed by atoms with van der Waals surface area (Å²) in [6.45, 7) is 5.87. The first-order valence-electron chi connectivity index (χ1n) is 16.9. The summed E-state index contributed by atoms with van der Waals surface area (Å²) in [4.78, 5) is 28.1. The first-order valence-corrected chi connectivity index (χ1v) is 16.9. The Morgan fingerprint density at radius 3 is 2.47 bits per heavy atom. The number of cyclic esters (lactones) is 1. The summed E-state index contributed by atoms with van der Waals surface area (Å²) >= 11 is 0. The number of benzene rings is 2. The van der Waals surface area contributed by atoms with Crippen LogP contribution in [0.5, 0.6) is 5.75 Å². The monoisotopic (exact) mass is 624 g/mol. The number of β-amino-alcohol motifs (C(OH)–C–C–N with tert-alkyl or cyclic N) is 1. The maximum absolute atomic E-state index is 13.4. The standard InChI is InChI=1S/C36H52N2O7/c1-3-42-34-24-30(22-27(34)2)45-35(40)37-31(23-28-16-10-9-11-17-28)32(39)25-38-20-14-7-5-4-6-8-15-21-43-33-19-13-12-18-29(33)26-44-36(38)41/h9-13,16-19,27,30-32,34,39H,3-8,14-15,20-26H2,1-2H3,(H,37,40)/t27?,30?,31-,32+,34+/m0/s1. The smallest absolute Gasteiger partial charge is 0.410 e. The van der Waals surface area contributed by atoms with E-state index >= 15 is 0 Å². The van der Waals surface area contributed by atoms with Crippen LogP contribution in [0, 0.1) is 5.92 Å². The number of aliphatic hydroxyl groups is 1. The van der Waals surface area contributed by atoms with Gasteiger partial charge in [0, 0.05) is 25.1 Å². The quantitative estimate of drug-likeness (QED) is 0.322. The van der Waals surface area contributed by atoms with Gasteiger partial charge in [0.2, 0.25) is 0 Å². The molecule has 2 unspecified atom stereocenters. The van der Waals surface area contributed by atoms with Crippen molar-refractivity contribution in [3.8, 4) is 5.75 Å². The minimum Gasteiger partial charge on any atom is -0.493 e. The molecule has 1 saturated carbocycles. The highest BCUT2D eigenvalue weighted by Crippen LogP contribution is 2.30. The minimum atomic E-state index is -1.05. The molecule has 9 heteroatoms. The van der Waals surface area contributed by atoms with Crippen molar-refractivity contribution < 1.29 is 33.6 Å². The van der Waals surface area contributed by atoms with E-state index in [9.17, 15) is 14.7 Å². The Morgan fingerprint density at radius 1 is 0.978 bits per heavy atom. The van der Waals surface area contributed by atoms with Crippen LogP contribution in [0.4, 0.5) is 9.59 Å². The lowest BCUT2D eigenvalue weighted by Gasteiger charge is -2.30.